The van der Waals surface area contributed by atoms with Crippen LogP contribution in [0.3, 0.4) is 0 Å². The maximum Gasteiger partial charge on any atom is 0.234 e. The first-order valence-electron chi connectivity index (χ1n) is 10.3. The van der Waals surface area contributed by atoms with E-state index >= 15 is 0 Å². The van der Waals surface area contributed by atoms with Gasteiger partial charge in [0.05, 0.1) is 18.0 Å². The number of aromatic nitrogens is 2. The van der Waals surface area contributed by atoms with Gasteiger partial charge in [-0.25, -0.2) is 9.97 Å². The van der Waals surface area contributed by atoms with Gasteiger partial charge in [-0.2, -0.15) is 0 Å². The van der Waals surface area contributed by atoms with Gasteiger partial charge in [0.1, 0.15) is 17.2 Å². The van der Waals surface area contributed by atoms with Crippen LogP contribution in [-0.2, 0) is 16.0 Å². The van der Waals surface area contributed by atoms with Gasteiger partial charge in [0.2, 0.25) is 5.91 Å². The number of benzene rings is 1. The standard InChI is InChI=1S/C22H30N4O2S/c1-4-5-6-18-7-9-19(10-8-18)25-21(27)14-29-22-11-20(23-15-24-22)26-12-16(2)28-17(3)13-26/h7-11,15-17H,4-6,12-14H2,1-3H3,(H,25,27). The van der Waals surface area contributed by atoms with Crippen molar-refractivity contribution in [2.75, 3.05) is 29.1 Å². The Morgan fingerprint density at radius 3 is 2.62 bits per heavy atom. The molecule has 0 radical (unpaired) electrons. The number of nitrogens with one attached hydrogen (secondary N) is 1. The molecule has 3 rings (SSSR count). The lowest BCUT2D eigenvalue weighted by molar-refractivity contribution is -0.113. The molecule has 6 nitrogen and oxygen atoms in total. The fraction of sp³-hybridized carbons (Fsp3) is 0.500. The summed E-state index contributed by atoms with van der Waals surface area (Å²) in [6, 6.07) is 10.1. The fourth-order valence-electron chi connectivity index (χ4n) is 3.42. The number of rotatable bonds is 8. The van der Waals surface area contributed by atoms with Crippen molar-refractivity contribution in [3.8, 4) is 0 Å². The van der Waals surface area contributed by atoms with Crippen molar-refractivity contribution in [2.24, 2.45) is 0 Å². The van der Waals surface area contributed by atoms with Crippen LogP contribution in [0, 0.1) is 0 Å². The normalized spacial score (nSPS) is 19.2. The first kappa shape index (κ1) is 21.6. The second kappa shape index (κ2) is 10.6. The number of unbranched alkanes of at least 4 members (excludes halogenated alkanes) is 1. The lowest BCUT2D eigenvalue weighted by atomic mass is 10.1. The Bertz CT molecular complexity index is 790. The molecule has 1 N–H and O–H groups in total. The smallest absolute Gasteiger partial charge is 0.234 e. The van der Waals surface area contributed by atoms with Gasteiger partial charge >= 0.3 is 0 Å². The van der Waals surface area contributed by atoms with E-state index in [4.69, 9.17) is 4.74 Å². The maximum atomic E-state index is 12.3. The number of aryl methyl sites for hydroxylation is 1. The van der Waals surface area contributed by atoms with Crippen LogP contribution in [0.4, 0.5) is 11.5 Å². The summed E-state index contributed by atoms with van der Waals surface area (Å²) in [7, 11) is 0. The van der Waals surface area contributed by atoms with Crippen LogP contribution in [0.1, 0.15) is 39.2 Å². The van der Waals surface area contributed by atoms with Crippen molar-refractivity contribution < 1.29 is 9.53 Å². The van der Waals surface area contributed by atoms with E-state index in [1.54, 1.807) is 6.33 Å². The quantitative estimate of drug-likeness (QED) is 0.517. The van der Waals surface area contributed by atoms with Crippen LogP contribution >= 0.6 is 11.8 Å². The van der Waals surface area contributed by atoms with Crippen LogP contribution in [0.15, 0.2) is 41.7 Å². The van der Waals surface area contributed by atoms with Gasteiger partial charge < -0.3 is 15.0 Å². The summed E-state index contributed by atoms with van der Waals surface area (Å²) in [4.78, 5) is 23.2. The minimum Gasteiger partial charge on any atom is -0.372 e. The molecule has 29 heavy (non-hydrogen) atoms. The molecule has 0 bridgehead atoms. The van der Waals surface area contributed by atoms with Gasteiger partial charge in [-0.15, -0.1) is 0 Å². The summed E-state index contributed by atoms with van der Waals surface area (Å²) >= 11 is 1.42. The molecular weight excluding hydrogens is 384 g/mol. The minimum absolute atomic E-state index is 0.0370. The number of nitrogens with zero attached hydrogens (tertiary/aromatic N) is 3. The SMILES string of the molecule is CCCCc1ccc(NC(=O)CSc2cc(N3CC(C)OC(C)C3)ncn2)cc1. The first-order chi connectivity index (χ1) is 14.0. The van der Waals surface area contributed by atoms with E-state index in [1.165, 1.54) is 30.2 Å². The van der Waals surface area contributed by atoms with Gasteiger partial charge in [-0.1, -0.05) is 37.2 Å². The van der Waals surface area contributed by atoms with Gasteiger partial charge in [0.25, 0.3) is 0 Å². The zero-order chi connectivity index (χ0) is 20.6. The lowest BCUT2D eigenvalue weighted by Crippen LogP contribution is -2.45. The fourth-order valence-corrected chi connectivity index (χ4v) is 4.08. The Balaban J connectivity index is 1.51. The lowest BCUT2D eigenvalue weighted by Gasteiger charge is -2.36. The Kier molecular flexibility index (Phi) is 7.89. The van der Waals surface area contributed by atoms with Gasteiger partial charge in [-0.3, -0.25) is 4.79 Å². The van der Waals surface area contributed by atoms with Gasteiger partial charge in [0, 0.05) is 24.8 Å². The second-order valence-electron chi connectivity index (χ2n) is 7.51. The number of carbonyl (C=O) groups excluding carboxylic acids is 1. The summed E-state index contributed by atoms with van der Waals surface area (Å²) in [6.07, 6.45) is 5.36. The van der Waals surface area contributed by atoms with E-state index in [1.807, 2.05) is 18.2 Å². The molecule has 7 heteroatoms. The number of hydrogen-bond acceptors (Lipinski definition) is 6. The summed E-state index contributed by atoms with van der Waals surface area (Å²) < 4.78 is 5.79. The molecule has 2 unspecified atom stereocenters. The molecule has 0 spiro atoms. The van der Waals surface area contributed by atoms with Crippen molar-refractivity contribution >= 4 is 29.2 Å². The number of amides is 1. The van der Waals surface area contributed by atoms with E-state index in [2.05, 4.69) is 53.1 Å². The molecule has 1 aromatic heterocycles. The van der Waals surface area contributed by atoms with Crippen LogP contribution in [0.25, 0.3) is 0 Å². The van der Waals surface area contributed by atoms with Crippen LogP contribution < -0.4 is 10.2 Å². The molecule has 2 aromatic rings. The second-order valence-corrected chi connectivity index (χ2v) is 8.51. The third kappa shape index (κ3) is 6.72. The molecule has 1 aromatic carbocycles. The molecule has 1 aliphatic heterocycles. The predicted molar refractivity (Wildman–Crippen MR) is 119 cm³/mol. The topological polar surface area (TPSA) is 67.4 Å². The number of hydrogen-bond donors (Lipinski definition) is 1. The van der Waals surface area contributed by atoms with E-state index in [0.717, 1.165) is 36.0 Å². The van der Waals surface area contributed by atoms with Crippen molar-refractivity contribution in [1.82, 2.24) is 9.97 Å². The third-order valence-electron chi connectivity index (χ3n) is 4.78. The van der Waals surface area contributed by atoms with Gasteiger partial charge in [-0.05, 0) is 44.4 Å². The summed E-state index contributed by atoms with van der Waals surface area (Å²) in [6.45, 7) is 7.94. The first-order valence-corrected chi connectivity index (χ1v) is 11.3. The highest BCUT2D eigenvalue weighted by Gasteiger charge is 2.23. The van der Waals surface area contributed by atoms with E-state index in [9.17, 15) is 4.79 Å². The molecule has 1 saturated heterocycles. The van der Waals surface area contributed by atoms with E-state index in [-0.39, 0.29) is 18.1 Å². The summed E-state index contributed by atoms with van der Waals surface area (Å²) in [5, 5.41) is 3.75. The van der Waals surface area contributed by atoms with Crippen LogP contribution in [-0.4, -0.2) is 46.9 Å². The molecule has 0 saturated carbocycles. The Morgan fingerprint density at radius 1 is 1.21 bits per heavy atom. The highest BCUT2D eigenvalue weighted by atomic mass is 32.2. The summed E-state index contributed by atoms with van der Waals surface area (Å²) in [5.74, 6) is 1.15. The molecule has 1 aliphatic rings. The largest absolute Gasteiger partial charge is 0.372 e. The molecular formula is C22H30N4O2S. The number of anilines is 2. The average Bonchev–Trinajstić information content (AvgIpc) is 2.71. The van der Waals surface area contributed by atoms with Crippen LogP contribution in [0.5, 0.6) is 0 Å². The molecule has 2 heterocycles. The number of carbonyl (C=O) groups is 1. The van der Waals surface area contributed by atoms with Crippen LogP contribution in [0.2, 0.25) is 0 Å². The van der Waals surface area contributed by atoms with E-state index < -0.39 is 0 Å². The van der Waals surface area contributed by atoms with Crippen molar-refractivity contribution in [3.63, 3.8) is 0 Å². The van der Waals surface area contributed by atoms with Gasteiger partial charge in [0.15, 0.2) is 0 Å². The Hall–Kier alpha value is -2.12. The summed E-state index contributed by atoms with van der Waals surface area (Å²) in [5.41, 5.74) is 2.13. The molecule has 156 valence electrons. The number of ether oxygens (including phenoxy) is 1. The van der Waals surface area contributed by atoms with E-state index in [0.29, 0.717) is 5.75 Å². The molecule has 1 amide bonds. The highest BCUT2D eigenvalue weighted by Crippen LogP contribution is 2.23. The van der Waals surface area contributed by atoms with Crippen molar-refractivity contribution in [2.45, 2.75) is 57.3 Å². The maximum absolute atomic E-state index is 12.3. The zero-order valence-corrected chi connectivity index (χ0v) is 18.2. The number of morpholine rings is 1. The average molecular weight is 415 g/mol. The Labute approximate surface area is 177 Å². The minimum atomic E-state index is -0.0370. The third-order valence-corrected chi connectivity index (χ3v) is 5.70. The zero-order valence-electron chi connectivity index (χ0n) is 17.4. The Morgan fingerprint density at radius 2 is 1.93 bits per heavy atom. The predicted octanol–water partition coefficient (Wildman–Crippen LogP) is 4.16. The van der Waals surface area contributed by atoms with Crippen molar-refractivity contribution in [3.05, 3.63) is 42.2 Å². The number of thioether (sulfide) groups is 1. The van der Waals surface area contributed by atoms with Crippen molar-refractivity contribution in [1.29, 1.82) is 0 Å². The molecule has 0 aliphatic carbocycles. The highest BCUT2D eigenvalue weighted by molar-refractivity contribution is 7.99. The molecule has 1 fully saturated rings. The molecule has 2 atom stereocenters. The monoisotopic (exact) mass is 414 g/mol.